The molecule has 1 atom stereocenters. The fraction of sp³-hybridized carbons (Fsp3) is 1.00. The molecule has 0 aromatic rings. The van der Waals surface area contributed by atoms with Crippen molar-refractivity contribution in [2.45, 2.75) is 40.5 Å². The quantitative estimate of drug-likeness (QED) is 0.642. The van der Waals surface area contributed by atoms with Crippen LogP contribution in [0.3, 0.4) is 0 Å². The SMILES string of the molecule is CCC(C)(C)CCS(C)(CC)OC. The van der Waals surface area contributed by atoms with E-state index in [1.807, 2.05) is 7.11 Å². The molecule has 0 amide bonds. The molecular weight excluding hydrogens is 180 g/mol. The van der Waals surface area contributed by atoms with Crippen LogP contribution in [0.1, 0.15) is 40.5 Å². The zero-order valence-corrected chi connectivity index (χ0v) is 11.0. The van der Waals surface area contributed by atoms with Crippen molar-refractivity contribution in [2.24, 2.45) is 5.41 Å². The second-order valence-electron chi connectivity index (χ2n) is 4.61. The van der Waals surface area contributed by atoms with E-state index in [0.29, 0.717) is 5.41 Å². The summed E-state index contributed by atoms with van der Waals surface area (Å²) in [5.74, 6) is 2.43. The van der Waals surface area contributed by atoms with Gasteiger partial charge in [-0.1, -0.05) is 34.1 Å². The molecule has 0 saturated carbocycles. The third-order valence-electron chi connectivity index (χ3n) is 3.18. The van der Waals surface area contributed by atoms with Crippen molar-refractivity contribution in [1.82, 2.24) is 0 Å². The lowest BCUT2D eigenvalue weighted by Gasteiger charge is -2.36. The second-order valence-corrected chi connectivity index (χ2v) is 8.30. The summed E-state index contributed by atoms with van der Waals surface area (Å²) in [5, 5.41) is 0. The molecular formula is C11H26OS. The van der Waals surface area contributed by atoms with Crippen molar-refractivity contribution in [1.29, 1.82) is 0 Å². The zero-order chi connectivity index (χ0) is 10.5. The van der Waals surface area contributed by atoms with Gasteiger partial charge in [-0.2, -0.15) is 0 Å². The summed E-state index contributed by atoms with van der Waals surface area (Å²) in [6.45, 7) is 9.19. The van der Waals surface area contributed by atoms with E-state index < -0.39 is 10.3 Å². The maximum absolute atomic E-state index is 5.61. The van der Waals surface area contributed by atoms with Crippen LogP contribution in [0.2, 0.25) is 0 Å². The zero-order valence-electron chi connectivity index (χ0n) is 10.1. The first-order valence-electron chi connectivity index (χ1n) is 5.18. The maximum atomic E-state index is 5.61. The van der Waals surface area contributed by atoms with Gasteiger partial charge in [-0.3, -0.25) is 0 Å². The van der Waals surface area contributed by atoms with E-state index in [1.54, 1.807) is 0 Å². The van der Waals surface area contributed by atoms with Crippen LogP contribution in [0.15, 0.2) is 0 Å². The van der Waals surface area contributed by atoms with Crippen LogP contribution in [-0.2, 0) is 4.18 Å². The van der Waals surface area contributed by atoms with E-state index in [9.17, 15) is 0 Å². The standard InChI is InChI=1S/C11H26OS/c1-7-11(3,4)9-10-13(6,8-2)12-5/h7-10H2,1-6H3. The Kier molecular flexibility index (Phi) is 5.38. The highest BCUT2D eigenvalue weighted by Crippen LogP contribution is 2.46. The van der Waals surface area contributed by atoms with Crippen molar-refractivity contribution < 1.29 is 4.18 Å². The molecule has 0 heterocycles. The van der Waals surface area contributed by atoms with Crippen LogP contribution >= 0.6 is 10.3 Å². The molecule has 0 spiro atoms. The Balaban J connectivity index is 3.99. The first-order chi connectivity index (χ1) is 5.89. The van der Waals surface area contributed by atoms with Crippen molar-refractivity contribution in [3.63, 3.8) is 0 Å². The molecule has 2 heteroatoms. The molecule has 0 aliphatic rings. The van der Waals surface area contributed by atoms with Crippen LogP contribution in [0.4, 0.5) is 0 Å². The summed E-state index contributed by atoms with van der Waals surface area (Å²) in [6.07, 6.45) is 4.84. The fourth-order valence-corrected chi connectivity index (χ4v) is 2.69. The average molecular weight is 206 g/mol. The Morgan fingerprint density at radius 2 is 1.77 bits per heavy atom. The summed E-state index contributed by atoms with van der Waals surface area (Å²) in [5.41, 5.74) is 0.488. The highest BCUT2D eigenvalue weighted by molar-refractivity contribution is 8.29. The minimum Gasteiger partial charge on any atom is -0.340 e. The van der Waals surface area contributed by atoms with E-state index in [2.05, 4.69) is 34.0 Å². The number of hydrogen-bond acceptors (Lipinski definition) is 1. The van der Waals surface area contributed by atoms with Crippen molar-refractivity contribution >= 4 is 10.3 Å². The molecule has 13 heavy (non-hydrogen) atoms. The molecule has 0 radical (unpaired) electrons. The van der Waals surface area contributed by atoms with Crippen molar-refractivity contribution in [3.05, 3.63) is 0 Å². The Morgan fingerprint density at radius 3 is 2.08 bits per heavy atom. The summed E-state index contributed by atoms with van der Waals surface area (Å²) >= 11 is 0. The molecule has 0 aliphatic carbocycles. The molecule has 0 bridgehead atoms. The van der Waals surface area contributed by atoms with Crippen LogP contribution in [0, 0.1) is 5.41 Å². The van der Waals surface area contributed by atoms with Gasteiger partial charge in [0.2, 0.25) is 0 Å². The summed E-state index contributed by atoms with van der Waals surface area (Å²) in [4.78, 5) is 0. The fourth-order valence-electron chi connectivity index (χ4n) is 1.01. The summed E-state index contributed by atoms with van der Waals surface area (Å²) < 4.78 is 5.61. The maximum Gasteiger partial charge on any atom is 0.0481 e. The third-order valence-corrected chi connectivity index (χ3v) is 6.27. The van der Waals surface area contributed by atoms with Crippen molar-refractivity contribution in [3.8, 4) is 0 Å². The minimum atomic E-state index is -0.758. The van der Waals surface area contributed by atoms with Gasteiger partial charge in [0.05, 0.1) is 0 Å². The lowest BCUT2D eigenvalue weighted by molar-refractivity contribution is 0.336. The van der Waals surface area contributed by atoms with Crippen LogP contribution < -0.4 is 0 Å². The molecule has 0 saturated heterocycles. The van der Waals surface area contributed by atoms with Gasteiger partial charge >= 0.3 is 0 Å². The summed E-state index contributed by atoms with van der Waals surface area (Å²) in [6, 6.07) is 0. The van der Waals surface area contributed by atoms with Gasteiger partial charge in [-0.25, -0.2) is 0 Å². The van der Waals surface area contributed by atoms with Gasteiger partial charge in [0.1, 0.15) is 0 Å². The lowest BCUT2D eigenvalue weighted by Crippen LogP contribution is -2.17. The molecule has 0 aliphatic heterocycles. The largest absolute Gasteiger partial charge is 0.340 e. The van der Waals surface area contributed by atoms with Gasteiger partial charge in [0.25, 0.3) is 0 Å². The van der Waals surface area contributed by atoms with Crippen LogP contribution in [-0.4, -0.2) is 24.9 Å². The van der Waals surface area contributed by atoms with E-state index in [4.69, 9.17) is 4.18 Å². The van der Waals surface area contributed by atoms with Gasteiger partial charge in [-0.05, 0) is 29.6 Å². The normalized spacial score (nSPS) is 19.5. The molecule has 1 unspecified atom stereocenters. The third kappa shape index (κ3) is 4.92. The first kappa shape index (κ1) is 13.3. The Bertz CT molecular complexity index is 139. The second kappa shape index (κ2) is 5.26. The average Bonchev–Trinajstić information content (AvgIpc) is 2.14. The molecule has 0 N–H and O–H groups in total. The number of rotatable bonds is 6. The predicted molar refractivity (Wildman–Crippen MR) is 64.6 cm³/mol. The van der Waals surface area contributed by atoms with E-state index in [0.717, 1.165) is 0 Å². The molecule has 0 rings (SSSR count). The first-order valence-corrected chi connectivity index (χ1v) is 7.49. The smallest absolute Gasteiger partial charge is 0.0481 e. The summed E-state index contributed by atoms with van der Waals surface area (Å²) in [7, 11) is 1.10. The minimum absolute atomic E-state index is 0.488. The molecule has 0 fully saturated rings. The number of hydrogen-bond donors (Lipinski definition) is 0. The van der Waals surface area contributed by atoms with Gasteiger partial charge in [0, 0.05) is 7.11 Å². The molecule has 0 aromatic heterocycles. The van der Waals surface area contributed by atoms with Crippen molar-refractivity contribution in [2.75, 3.05) is 24.9 Å². The molecule has 0 aromatic carbocycles. The van der Waals surface area contributed by atoms with E-state index in [-0.39, 0.29) is 0 Å². The van der Waals surface area contributed by atoms with E-state index in [1.165, 1.54) is 24.3 Å². The molecule has 82 valence electrons. The monoisotopic (exact) mass is 206 g/mol. The van der Waals surface area contributed by atoms with Gasteiger partial charge in [-0.15, -0.1) is 10.3 Å². The van der Waals surface area contributed by atoms with Gasteiger partial charge in [0.15, 0.2) is 0 Å². The van der Waals surface area contributed by atoms with Crippen LogP contribution in [0.25, 0.3) is 0 Å². The Hall–Kier alpha value is 0.310. The highest BCUT2D eigenvalue weighted by Gasteiger charge is 2.21. The van der Waals surface area contributed by atoms with Crippen LogP contribution in [0.5, 0.6) is 0 Å². The Morgan fingerprint density at radius 1 is 1.23 bits per heavy atom. The van der Waals surface area contributed by atoms with Gasteiger partial charge < -0.3 is 4.18 Å². The Labute approximate surface area is 85.8 Å². The lowest BCUT2D eigenvalue weighted by atomic mass is 9.87. The highest BCUT2D eigenvalue weighted by atomic mass is 32.3. The molecule has 1 nitrogen and oxygen atoms in total. The van der Waals surface area contributed by atoms with E-state index >= 15 is 0 Å². The predicted octanol–water partition coefficient (Wildman–Crippen LogP) is 3.83. The topological polar surface area (TPSA) is 9.23 Å².